The van der Waals surface area contributed by atoms with Crippen LogP contribution in [0, 0.1) is 0 Å². The summed E-state index contributed by atoms with van der Waals surface area (Å²) in [5.41, 5.74) is 7.25. The highest BCUT2D eigenvalue weighted by Crippen LogP contribution is 2.27. The number of carbonyl (C=O) groups is 1. The zero-order valence-corrected chi connectivity index (χ0v) is 11.4. The van der Waals surface area contributed by atoms with Crippen molar-refractivity contribution < 1.29 is 9.28 Å². The van der Waals surface area contributed by atoms with E-state index in [0.29, 0.717) is 22.1 Å². The number of primary amides is 1. The second kappa shape index (κ2) is 5.61. The molecule has 0 aliphatic rings. The van der Waals surface area contributed by atoms with Gasteiger partial charge in [-0.1, -0.05) is 4.48 Å². The van der Waals surface area contributed by atoms with Crippen molar-refractivity contribution in [3.05, 3.63) is 54.1 Å². The molecule has 0 atom stereocenters. The van der Waals surface area contributed by atoms with Gasteiger partial charge in [-0.2, -0.15) is 5.12 Å². The molecule has 20 heavy (non-hydrogen) atoms. The van der Waals surface area contributed by atoms with E-state index in [-0.39, 0.29) is 0 Å². The summed E-state index contributed by atoms with van der Waals surface area (Å²) in [5.74, 6) is -0.530. The molecule has 0 fully saturated rings. The predicted molar refractivity (Wildman–Crippen MR) is 79.0 cm³/mol. The second-order valence-electron chi connectivity index (χ2n) is 4.60. The summed E-state index contributed by atoms with van der Waals surface area (Å²) in [5, 5.41) is 0.560. The Labute approximate surface area is 117 Å². The average Bonchev–Trinajstić information content (AvgIpc) is 2.46. The monoisotopic (exact) mass is 273 g/mol. The fourth-order valence-corrected chi connectivity index (χ4v) is 1.79. The van der Waals surface area contributed by atoms with E-state index in [2.05, 4.69) is 0 Å². The van der Waals surface area contributed by atoms with Gasteiger partial charge in [-0.25, -0.2) is 0 Å². The predicted octanol–water partition coefficient (Wildman–Crippen LogP) is 2.87. The zero-order valence-electron chi connectivity index (χ0n) is 11.4. The van der Waals surface area contributed by atoms with Crippen molar-refractivity contribution in [2.75, 3.05) is 24.1 Å². The Morgan fingerprint density at radius 2 is 1.30 bits per heavy atom. The van der Waals surface area contributed by atoms with E-state index in [4.69, 9.17) is 5.73 Å². The quantitative estimate of drug-likeness (QED) is 0.871. The molecule has 104 valence electrons. The van der Waals surface area contributed by atoms with Gasteiger partial charge >= 0.3 is 0 Å². The third-order valence-corrected chi connectivity index (χ3v) is 2.97. The van der Waals surface area contributed by atoms with E-state index in [1.165, 1.54) is 24.3 Å². The van der Waals surface area contributed by atoms with Crippen molar-refractivity contribution in [3.63, 3.8) is 0 Å². The summed E-state index contributed by atoms with van der Waals surface area (Å²) in [6, 6.07) is 13.1. The van der Waals surface area contributed by atoms with E-state index < -0.39 is 5.91 Å². The number of halogens is 1. The minimum atomic E-state index is -0.530. The molecule has 2 aromatic carbocycles. The largest absolute Gasteiger partial charge is 0.378 e. The molecule has 0 heterocycles. The Morgan fingerprint density at radius 3 is 1.70 bits per heavy atom. The zero-order chi connectivity index (χ0) is 14.7. The van der Waals surface area contributed by atoms with Crippen LogP contribution in [-0.2, 0) is 0 Å². The SMILES string of the molecule is CN(C)c1ccc(N(F)c2ccc(C(N)=O)cc2)cc1. The first-order valence-electron chi connectivity index (χ1n) is 6.12. The lowest BCUT2D eigenvalue weighted by Crippen LogP contribution is -2.11. The van der Waals surface area contributed by atoms with Gasteiger partial charge in [-0.05, 0) is 48.5 Å². The first-order valence-corrected chi connectivity index (χ1v) is 6.12. The highest BCUT2D eigenvalue weighted by Gasteiger charge is 2.09. The summed E-state index contributed by atoms with van der Waals surface area (Å²) < 4.78 is 14.2. The van der Waals surface area contributed by atoms with Gasteiger partial charge in [0.05, 0.1) is 11.4 Å². The standard InChI is InChI=1S/C15H16FN3O/c1-18(2)12-7-9-14(10-8-12)19(16)13-5-3-11(4-6-13)15(17)20/h3-10H,1-2H3,(H2,17,20). The van der Waals surface area contributed by atoms with E-state index in [0.717, 1.165) is 5.69 Å². The van der Waals surface area contributed by atoms with Crippen molar-refractivity contribution in [1.82, 2.24) is 0 Å². The van der Waals surface area contributed by atoms with Crippen LogP contribution in [0.5, 0.6) is 0 Å². The third-order valence-electron chi connectivity index (χ3n) is 2.97. The molecule has 2 N–H and O–H groups in total. The van der Waals surface area contributed by atoms with Gasteiger partial charge < -0.3 is 10.6 Å². The molecule has 0 aliphatic carbocycles. The molecule has 2 rings (SSSR count). The van der Waals surface area contributed by atoms with Crippen molar-refractivity contribution in [1.29, 1.82) is 0 Å². The Kier molecular flexibility index (Phi) is 3.89. The van der Waals surface area contributed by atoms with Gasteiger partial charge in [-0.3, -0.25) is 4.79 Å². The molecule has 0 spiro atoms. The first-order chi connectivity index (χ1) is 9.49. The molecule has 0 bridgehead atoms. The van der Waals surface area contributed by atoms with Gasteiger partial charge in [0.1, 0.15) is 0 Å². The molecule has 5 heteroatoms. The summed E-state index contributed by atoms with van der Waals surface area (Å²) >= 11 is 0. The van der Waals surface area contributed by atoms with Crippen LogP contribution in [0.1, 0.15) is 10.4 Å². The van der Waals surface area contributed by atoms with Crippen LogP contribution < -0.4 is 15.8 Å². The van der Waals surface area contributed by atoms with E-state index in [1.54, 1.807) is 12.1 Å². The Balaban J connectivity index is 2.21. The number of hydrogen-bond donors (Lipinski definition) is 1. The van der Waals surface area contributed by atoms with Crippen molar-refractivity contribution in [3.8, 4) is 0 Å². The van der Waals surface area contributed by atoms with Crippen LogP contribution in [0.4, 0.5) is 21.5 Å². The van der Waals surface area contributed by atoms with Crippen molar-refractivity contribution in [2.24, 2.45) is 5.73 Å². The van der Waals surface area contributed by atoms with Gasteiger partial charge in [0, 0.05) is 25.3 Å². The van der Waals surface area contributed by atoms with E-state index >= 15 is 0 Å². The summed E-state index contributed by atoms with van der Waals surface area (Å²) in [6.45, 7) is 0. The normalized spacial score (nSPS) is 10.2. The number of rotatable bonds is 4. The number of nitrogens with zero attached hydrogens (tertiary/aromatic N) is 2. The number of carbonyl (C=O) groups excluding carboxylic acids is 1. The number of anilines is 3. The maximum atomic E-state index is 14.2. The van der Waals surface area contributed by atoms with Gasteiger partial charge in [0.25, 0.3) is 0 Å². The lowest BCUT2D eigenvalue weighted by atomic mass is 10.2. The molecule has 0 unspecified atom stereocenters. The fourth-order valence-electron chi connectivity index (χ4n) is 1.79. The number of hydrogen-bond acceptors (Lipinski definition) is 3. The van der Waals surface area contributed by atoms with Crippen LogP contribution in [0.15, 0.2) is 48.5 Å². The molecule has 2 aromatic rings. The summed E-state index contributed by atoms with van der Waals surface area (Å²) in [4.78, 5) is 12.9. The van der Waals surface area contributed by atoms with Crippen LogP contribution in [0.3, 0.4) is 0 Å². The van der Waals surface area contributed by atoms with Crippen LogP contribution in [-0.4, -0.2) is 20.0 Å². The fraction of sp³-hybridized carbons (Fsp3) is 0.133. The van der Waals surface area contributed by atoms with Crippen molar-refractivity contribution >= 4 is 23.0 Å². The molecule has 4 nitrogen and oxygen atoms in total. The first kappa shape index (κ1) is 13.9. The lowest BCUT2D eigenvalue weighted by molar-refractivity contribution is 0.100. The Hall–Kier alpha value is -2.56. The third kappa shape index (κ3) is 2.88. The number of benzene rings is 2. The molecular weight excluding hydrogens is 257 g/mol. The maximum Gasteiger partial charge on any atom is 0.248 e. The topological polar surface area (TPSA) is 49.6 Å². The molecule has 0 saturated carbocycles. The van der Waals surface area contributed by atoms with Gasteiger partial charge in [-0.15, -0.1) is 0 Å². The van der Waals surface area contributed by atoms with E-state index in [9.17, 15) is 9.28 Å². The molecule has 0 aromatic heterocycles. The minimum Gasteiger partial charge on any atom is -0.378 e. The average molecular weight is 273 g/mol. The van der Waals surface area contributed by atoms with Crippen LogP contribution in [0.2, 0.25) is 0 Å². The molecule has 0 saturated heterocycles. The minimum absolute atomic E-state index is 0.340. The summed E-state index contributed by atoms with van der Waals surface area (Å²) in [7, 11) is 3.84. The number of amides is 1. The maximum absolute atomic E-state index is 14.2. The van der Waals surface area contributed by atoms with Gasteiger partial charge in [0.2, 0.25) is 5.91 Å². The smallest absolute Gasteiger partial charge is 0.248 e. The highest BCUT2D eigenvalue weighted by atomic mass is 19.2. The van der Waals surface area contributed by atoms with Gasteiger partial charge in [0.15, 0.2) is 0 Å². The second-order valence-corrected chi connectivity index (χ2v) is 4.60. The van der Waals surface area contributed by atoms with E-state index in [1.807, 2.05) is 31.1 Å². The molecule has 0 aliphatic heterocycles. The molecule has 1 amide bonds. The van der Waals surface area contributed by atoms with Crippen molar-refractivity contribution in [2.45, 2.75) is 0 Å². The highest BCUT2D eigenvalue weighted by molar-refractivity contribution is 5.93. The number of nitrogens with two attached hydrogens (primary N) is 1. The van der Waals surface area contributed by atoms with Crippen LogP contribution >= 0.6 is 0 Å². The molecule has 0 radical (unpaired) electrons. The lowest BCUT2D eigenvalue weighted by Gasteiger charge is -2.16. The Morgan fingerprint density at radius 1 is 0.900 bits per heavy atom. The van der Waals surface area contributed by atoms with Crippen LogP contribution in [0.25, 0.3) is 0 Å². The summed E-state index contributed by atoms with van der Waals surface area (Å²) in [6.07, 6.45) is 0. The Bertz CT molecular complexity index is 594. The molecular formula is C15H16FN3O.